The largest absolute Gasteiger partial charge is 0.481 e. The van der Waals surface area contributed by atoms with Gasteiger partial charge in [0.2, 0.25) is 0 Å². The first kappa shape index (κ1) is 9.78. The van der Waals surface area contributed by atoms with Gasteiger partial charge in [-0.3, -0.25) is 4.79 Å². The standard InChI is InChI=1S/C6H12O3S/c7-3-5-10-4-1-2-6(8)9/h7H,1-5H2,(H,8,9). The van der Waals surface area contributed by atoms with Crippen LogP contribution in [-0.4, -0.2) is 34.3 Å². The van der Waals surface area contributed by atoms with Crippen LogP contribution in [0.4, 0.5) is 0 Å². The zero-order valence-corrected chi connectivity index (χ0v) is 6.56. The zero-order chi connectivity index (χ0) is 7.82. The number of aliphatic hydroxyl groups excluding tert-OH is 1. The summed E-state index contributed by atoms with van der Waals surface area (Å²) in [6, 6.07) is 0. The molecule has 60 valence electrons. The van der Waals surface area contributed by atoms with Crippen LogP contribution < -0.4 is 0 Å². The Morgan fingerprint density at radius 2 is 2.10 bits per heavy atom. The molecule has 0 spiro atoms. The predicted molar refractivity (Wildman–Crippen MR) is 41.3 cm³/mol. The highest BCUT2D eigenvalue weighted by Gasteiger charge is 1.95. The van der Waals surface area contributed by atoms with Crippen LogP contribution >= 0.6 is 11.8 Å². The molecule has 2 N–H and O–H groups in total. The maximum atomic E-state index is 9.97. The van der Waals surface area contributed by atoms with Crippen molar-refractivity contribution in [2.45, 2.75) is 12.8 Å². The Morgan fingerprint density at radius 3 is 2.60 bits per heavy atom. The van der Waals surface area contributed by atoms with E-state index in [1.807, 2.05) is 0 Å². The fourth-order valence-electron chi connectivity index (χ4n) is 0.492. The van der Waals surface area contributed by atoms with Crippen molar-refractivity contribution < 1.29 is 15.0 Å². The average molecular weight is 164 g/mol. The van der Waals surface area contributed by atoms with E-state index in [0.717, 1.165) is 5.75 Å². The summed E-state index contributed by atoms with van der Waals surface area (Å²) in [5.41, 5.74) is 0. The Bertz CT molecular complexity index is 95.0. The van der Waals surface area contributed by atoms with Gasteiger partial charge in [0.25, 0.3) is 0 Å². The average Bonchev–Trinajstić information content (AvgIpc) is 1.87. The molecule has 0 fully saturated rings. The van der Waals surface area contributed by atoms with Crippen molar-refractivity contribution in [3.8, 4) is 0 Å². The quantitative estimate of drug-likeness (QED) is 0.564. The lowest BCUT2D eigenvalue weighted by atomic mass is 10.3. The minimum absolute atomic E-state index is 0.178. The summed E-state index contributed by atoms with van der Waals surface area (Å²) in [5.74, 6) is 0.788. The van der Waals surface area contributed by atoms with Gasteiger partial charge in [0.05, 0.1) is 6.61 Å². The first-order valence-corrected chi connectivity index (χ1v) is 4.33. The van der Waals surface area contributed by atoms with E-state index in [1.54, 1.807) is 11.8 Å². The van der Waals surface area contributed by atoms with E-state index >= 15 is 0 Å². The third-order valence-electron chi connectivity index (χ3n) is 0.915. The lowest BCUT2D eigenvalue weighted by Gasteiger charge is -1.95. The van der Waals surface area contributed by atoms with E-state index in [2.05, 4.69) is 0 Å². The molecule has 0 atom stereocenters. The fourth-order valence-corrected chi connectivity index (χ4v) is 1.17. The number of carboxylic acids is 1. The highest BCUT2D eigenvalue weighted by Crippen LogP contribution is 2.02. The second kappa shape index (κ2) is 6.89. The second-order valence-electron chi connectivity index (χ2n) is 1.83. The number of aliphatic carboxylic acids is 1. The molecule has 0 saturated heterocycles. The Morgan fingerprint density at radius 1 is 1.40 bits per heavy atom. The molecule has 0 aliphatic carbocycles. The summed E-state index contributed by atoms with van der Waals surface area (Å²) in [6.07, 6.45) is 0.929. The maximum absolute atomic E-state index is 9.97. The van der Waals surface area contributed by atoms with Crippen molar-refractivity contribution >= 4 is 17.7 Å². The topological polar surface area (TPSA) is 57.5 Å². The van der Waals surface area contributed by atoms with Gasteiger partial charge in [-0.05, 0) is 12.2 Å². The monoisotopic (exact) mass is 164 g/mol. The second-order valence-corrected chi connectivity index (χ2v) is 3.06. The van der Waals surface area contributed by atoms with Gasteiger partial charge >= 0.3 is 5.97 Å². The molecule has 4 heteroatoms. The molecule has 0 unspecified atom stereocenters. The third-order valence-corrected chi connectivity index (χ3v) is 1.96. The molecule has 0 aliphatic rings. The van der Waals surface area contributed by atoms with Gasteiger partial charge in [-0.2, -0.15) is 11.8 Å². The van der Waals surface area contributed by atoms with E-state index in [9.17, 15) is 4.79 Å². The first-order valence-electron chi connectivity index (χ1n) is 3.17. The SMILES string of the molecule is O=C(O)CCCSCCO. The summed E-state index contributed by atoms with van der Waals surface area (Å²) in [5, 5.41) is 16.5. The highest BCUT2D eigenvalue weighted by atomic mass is 32.2. The van der Waals surface area contributed by atoms with Gasteiger partial charge in [-0.25, -0.2) is 0 Å². The fraction of sp³-hybridized carbons (Fsp3) is 0.833. The highest BCUT2D eigenvalue weighted by molar-refractivity contribution is 7.99. The van der Waals surface area contributed by atoms with Gasteiger partial charge < -0.3 is 10.2 Å². The van der Waals surface area contributed by atoms with E-state index in [4.69, 9.17) is 10.2 Å². The molecule has 0 rings (SSSR count). The van der Waals surface area contributed by atoms with Gasteiger partial charge in [0, 0.05) is 12.2 Å². The molecule has 0 aromatic heterocycles. The molecule has 0 saturated carbocycles. The third kappa shape index (κ3) is 7.78. The number of hydrogen-bond acceptors (Lipinski definition) is 3. The van der Waals surface area contributed by atoms with Crippen molar-refractivity contribution in [2.24, 2.45) is 0 Å². The number of rotatable bonds is 6. The van der Waals surface area contributed by atoms with Crippen molar-refractivity contribution in [2.75, 3.05) is 18.1 Å². The summed E-state index contributed by atoms with van der Waals surface area (Å²) in [7, 11) is 0. The van der Waals surface area contributed by atoms with Crippen LogP contribution in [0.2, 0.25) is 0 Å². The Hall–Kier alpha value is -0.220. The molecule has 10 heavy (non-hydrogen) atoms. The smallest absolute Gasteiger partial charge is 0.303 e. The molecule has 0 aromatic rings. The summed E-state index contributed by atoms with van der Waals surface area (Å²) in [4.78, 5) is 9.97. The molecule has 0 radical (unpaired) electrons. The van der Waals surface area contributed by atoms with E-state index in [-0.39, 0.29) is 13.0 Å². The van der Waals surface area contributed by atoms with Crippen molar-refractivity contribution in [1.82, 2.24) is 0 Å². The molecule has 0 aliphatic heterocycles. The predicted octanol–water partition coefficient (Wildman–Crippen LogP) is 0.577. The molecular formula is C6H12O3S. The van der Waals surface area contributed by atoms with E-state index < -0.39 is 5.97 Å². The number of thioether (sulfide) groups is 1. The molecular weight excluding hydrogens is 152 g/mol. The van der Waals surface area contributed by atoms with Crippen LogP contribution in [0, 0.1) is 0 Å². The van der Waals surface area contributed by atoms with Gasteiger partial charge in [-0.1, -0.05) is 0 Å². The van der Waals surface area contributed by atoms with Gasteiger partial charge in [0.15, 0.2) is 0 Å². The minimum atomic E-state index is -0.746. The lowest BCUT2D eigenvalue weighted by molar-refractivity contribution is -0.137. The first-order chi connectivity index (χ1) is 4.77. The van der Waals surface area contributed by atoms with Gasteiger partial charge in [0.1, 0.15) is 0 Å². The Balaban J connectivity index is 2.84. The van der Waals surface area contributed by atoms with E-state index in [1.165, 1.54) is 0 Å². The van der Waals surface area contributed by atoms with Crippen molar-refractivity contribution in [1.29, 1.82) is 0 Å². The molecule has 0 bridgehead atoms. The number of carbonyl (C=O) groups is 1. The zero-order valence-electron chi connectivity index (χ0n) is 5.75. The molecule has 0 amide bonds. The Labute approximate surface area is 64.4 Å². The van der Waals surface area contributed by atoms with Crippen LogP contribution in [0.3, 0.4) is 0 Å². The summed E-state index contributed by atoms with van der Waals surface area (Å²) in [6.45, 7) is 0.178. The van der Waals surface area contributed by atoms with Crippen LogP contribution in [0.1, 0.15) is 12.8 Å². The molecule has 0 aromatic carbocycles. The van der Waals surface area contributed by atoms with Crippen LogP contribution in [-0.2, 0) is 4.79 Å². The van der Waals surface area contributed by atoms with Crippen LogP contribution in [0.15, 0.2) is 0 Å². The molecule has 3 nitrogen and oxygen atoms in total. The van der Waals surface area contributed by atoms with Crippen molar-refractivity contribution in [3.63, 3.8) is 0 Å². The molecule has 0 heterocycles. The Kier molecular flexibility index (Phi) is 6.74. The maximum Gasteiger partial charge on any atom is 0.303 e. The number of aliphatic hydroxyl groups is 1. The number of carboxylic acid groups (broad SMARTS) is 1. The normalized spacial score (nSPS) is 9.70. The van der Waals surface area contributed by atoms with E-state index in [0.29, 0.717) is 12.2 Å². The van der Waals surface area contributed by atoms with Gasteiger partial charge in [-0.15, -0.1) is 0 Å². The summed E-state index contributed by atoms with van der Waals surface area (Å²) >= 11 is 1.58. The number of hydrogen-bond donors (Lipinski definition) is 2. The lowest BCUT2D eigenvalue weighted by Crippen LogP contribution is -1.96. The summed E-state index contributed by atoms with van der Waals surface area (Å²) < 4.78 is 0. The van der Waals surface area contributed by atoms with Crippen molar-refractivity contribution in [3.05, 3.63) is 0 Å². The van der Waals surface area contributed by atoms with Crippen LogP contribution in [0.5, 0.6) is 0 Å². The van der Waals surface area contributed by atoms with Crippen LogP contribution in [0.25, 0.3) is 0 Å². The minimum Gasteiger partial charge on any atom is -0.481 e.